The molecule has 2 unspecified atom stereocenters. The Balaban J connectivity index is 2.13. The lowest BCUT2D eigenvalue weighted by Gasteiger charge is -2.22. The molecule has 1 fully saturated rings. The van der Waals surface area contributed by atoms with E-state index >= 15 is 0 Å². The summed E-state index contributed by atoms with van der Waals surface area (Å²) in [4.78, 5) is 11.5. The van der Waals surface area contributed by atoms with Gasteiger partial charge in [0.25, 0.3) is 0 Å². The smallest absolute Gasteiger partial charge is 0.237 e. The van der Waals surface area contributed by atoms with Gasteiger partial charge in [0.2, 0.25) is 5.91 Å². The van der Waals surface area contributed by atoms with E-state index in [-0.39, 0.29) is 18.1 Å². The van der Waals surface area contributed by atoms with Gasteiger partial charge >= 0.3 is 0 Å². The van der Waals surface area contributed by atoms with Gasteiger partial charge in [-0.05, 0) is 13.3 Å². The van der Waals surface area contributed by atoms with Gasteiger partial charge in [0.15, 0.2) is 0 Å². The SMILES string of the molecule is CC(O)CCNC(=O)C1CSCCN1. The van der Waals surface area contributed by atoms with Crippen molar-refractivity contribution in [2.75, 3.05) is 24.6 Å². The standard InChI is InChI=1S/C9H18N2O2S/c1-7(12)2-3-11-9(13)8-6-14-5-4-10-8/h7-8,10,12H,2-6H2,1H3,(H,11,13). The molecule has 0 spiro atoms. The molecule has 1 aliphatic rings. The second-order valence-corrected chi connectivity index (χ2v) is 4.66. The summed E-state index contributed by atoms with van der Waals surface area (Å²) < 4.78 is 0. The fourth-order valence-corrected chi connectivity index (χ4v) is 2.20. The third-order valence-electron chi connectivity index (χ3n) is 2.10. The summed E-state index contributed by atoms with van der Waals surface area (Å²) in [5.41, 5.74) is 0. The molecule has 0 bridgehead atoms. The molecule has 0 radical (unpaired) electrons. The van der Waals surface area contributed by atoms with E-state index in [9.17, 15) is 4.79 Å². The van der Waals surface area contributed by atoms with Crippen molar-refractivity contribution in [2.45, 2.75) is 25.5 Å². The number of aliphatic hydroxyl groups excluding tert-OH is 1. The predicted octanol–water partition coefficient (Wildman–Crippen LogP) is -0.421. The maximum atomic E-state index is 11.5. The second kappa shape index (κ2) is 6.27. The van der Waals surface area contributed by atoms with Gasteiger partial charge in [0.1, 0.15) is 0 Å². The second-order valence-electron chi connectivity index (χ2n) is 3.51. The van der Waals surface area contributed by atoms with Crippen molar-refractivity contribution < 1.29 is 9.90 Å². The van der Waals surface area contributed by atoms with E-state index in [1.807, 2.05) is 0 Å². The van der Waals surface area contributed by atoms with Gasteiger partial charge in [-0.2, -0.15) is 11.8 Å². The first-order valence-electron chi connectivity index (χ1n) is 4.97. The van der Waals surface area contributed by atoms with Crippen LogP contribution in [-0.4, -0.2) is 47.8 Å². The maximum absolute atomic E-state index is 11.5. The molecule has 1 amide bonds. The molecule has 1 saturated heterocycles. The van der Waals surface area contributed by atoms with Crippen LogP contribution in [0.2, 0.25) is 0 Å². The average molecular weight is 218 g/mol. The monoisotopic (exact) mass is 218 g/mol. The highest BCUT2D eigenvalue weighted by molar-refractivity contribution is 7.99. The first-order valence-corrected chi connectivity index (χ1v) is 6.12. The van der Waals surface area contributed by atoms with E-state index in [2.05, 4.69) is 10.6 Å². The molecule has 1 aliphatic heterocycles. The zero-order chi connectivity index (χ0) is 10.4. The van der Waals surface area contributed by atoms with Crippen molar-refractivity contribution in [2.24, 2.45) is 0 Å². The summed E-state index contributed by atoms with van der Waals surface area (Å²) in [5.74, 6) is 1.98. The molecule has 0 aromatic rings. The third-order valence-corrected chi connectivity index (χ3v) is 3.16. The highest BCUT2D eigenvalue weighted by Crippen LogP contribution is 2.07. The summed E-state index contributed by atoms with van der Waals surface area (Å²) >= 11 is 1.80. The quantitative estimate of drug-likeness (QED) is 0.600. The lowest BCUT2D eigenvalue weighted by atomic mass is 10.2. The van der Waals surface area contributed by atoms with Gasteiger partial charge in [-0.3, -0.25) is 4.79 Å². The molecule has 1 heterocycles. The molecule has 3 N–H and O–H groups in total. The summed E-state index contributed by atoms with van der Waals surface area (Å²) in [6.07, 6.45) is 0.273. The zero-order valence-electron chi connectivity index (χ0n) is 8.45. The number of hydrogen-bond acceptors (Lipinski definition) is 4. The topological polar surface area (TPSA) is 61.4 Å². The predicted molar refractivity (Wildman–Crippen MR) is 58.4 cm³/mol. The van der Waals surface area contributed by atoms with Crippen LogP contribution in [0.15, 0.2) is 0 Å². The average Bonchev–Trinajstić information content (AvgIpc) is 2.18. The van der Waals surface area contributed by atoms with Crippen molar-refractivity contribution in [3.05, 3.63) is 0 Å². The first kappa shape index (κ1) is 11.8. The van der Waals surface area contributed by atoms with Crippen molar-refractivity contribution in [1.29, 1.82) is 0 Å². The van der Waals surface area contributed by atoms with Crippen LogP contribution in [0.3, 0.4) is 0 Å². The number of hydrogen-bond donors (Lipinski definition) is 3. The molecule has 0 saturated carbocycles. The van der Waals surface area contributed by atoms with Crippen molar-refractivity contribution in [1.82, 2.24) is 10.6 Å². The fourth-order valence-electron chi connectivity index (χ4n) is 1.26. The first-order chi connectivity index (χ1) is 6.70. The van der Waals surface area contributed by atoms with E-state index in [4.69, 9.17) is 5.11 Å². The molecule has 14 heavy (non-hydrogen) atoms. The number of nitrogens with one attached hydrogen (secondary N) is 2. The van der Waals surface area contributed by atoms with Crippen molar-refractivity contribution >= 4 is 17.7 Å². The van der Waals surface area contributed by atoms with Crippen LogP contribution >= 0.6 is 11.8 Å². The number of carbonyl (C=O) groups is 1. The zero-order valence-corrected chi connectivity index (χ0v) is 9.27. The summed E-state index contributed by atoms with van der Waals surface area (Å²) in [6, 6.07) is -0.0530. The fraction of sp³-hybridized carbons (Fsp3) is 0.889. The Morgan fingerprint density at radius 1 is 1.79 bits per heavy atom. The largest absolute Gasteiger partial charge is 0.393 e. The number of thioether (sulfide) groups is 1. The van der Waals surface area contributed by atoms with E-state index in [1.165, 1.54) is 0 Å². The number of amides is 1. The Hall–Kier alpha value is -0.260. The van der Waals surface area contributed by atoms with Crippen LogP contribution in [0.4, 0.5) is 0 Å². The highest BCUT2D eigenvalue weighted by atomic mass is 32.2. The van der Waals surface area contributed by atoms with Crippen LogP contribution in [0.5, 0.6) is 0 Å². The van der Waals surface area contributed by atoms with Crippen molar-refractivity contribution in [3.8, 4) is 0 Å². The lowest BCUT2D eigenvalue weighted by Crippen LogP contribution is -2.49. The van der Waals surface area contributed by atoms with Crippen LogP contribution < -0.4 is 10.6 Å². The van der Waals surface area contributed by atoms with Gasteiger partial charge in [-0.1, -0.05) is 0 Å². The van der Waals surface area contributed by atoms with E-state index < -0.39 is 0 Å². The van der Waals surface area contributed by atoms with Gasteiger partial charge < -0.3 is 15.7 Å². The summed E-state index contributed by atoms with van der Waals surface area (Å²) in [5, 5.41) is 15.0. The molecule has 0 aliphatic carbocycles. The third kappa shape index (κ3) is 4.30. The molecule has 0 aromatic carbocycles. The Labute approximate surface area is 88.8 Å². The number of rotatable bonds is 4. The molecule has 4 nitrogen and oxygen atoms in total. The minimum atomic E-state index is -0.344. The molecule has 82 valence electrons. The van der Waals surface area contributed by atoms with E-state index in [0.717, 1.165) is 18.1 Å². The molecule has 1 rings (SSSR count). The Bertz CT molecular complexity index is 182. The van der Waals surface area contributed by atoms with Crippen molar-refractivity contribution in [3.63, 3.8) is 0 Å². The van der Waals surface area contributed by atoms with E-state index in [0.29, 0.717) is 13.0 Å². The number of aliphatic hydroxyl groups is 1. The Morgan fingerprint density at radius 3 is 3.14 bits per heavy atom. The maximum Gasteiger partial charge on any atom is 0.237 e. The summed E-state index contributed by atoms with van der Waals surface area (Å²) in [6.45, 7) is 3.18. The minimum Gasteiger partial charge on any atom is -0.393 e. The highest BCUT2D eigenvalue weighted by Gasteiger charge is 2.20. The molecular formula is C9H18N2O2S. The van der Waals surface area contributed by atoms with Gasteiger partial charge in [-0.15, -0.1) is 0 Å². The van der Waals surface area contributed by atoms with Crippen LogP contribution in [-0.2, 0) is 4.79 Å². The molecule has 5 heteroatoms. The number of carbonyl (C=O) groups excluding carboxylic acids is 1. The normalized spacial score (nSPS) is 24.3. The molecule has 2 atom stereocenters. The van der Waals surface area contributed by atoms with Crippen LogP contribution in [0.1, 0.15) is 13.3 Å². The van der Waals surface area contributed by atoms with Crippen LogP contribution in [0, 0.1) is 0 Å². The summed E-state index contributed by atoms with van der Waals surface area (Å²) in [7, 11) is 0. The lowest BCUT2D eigenvalue weighted by molar-refractivity contribution is -0.122. The Kier molecular flexibility index (Phi) is 5.29. The Morgan fingerprint density at radius 2 is 2.57 bits per heavy atom. The molecular weight excluding hydrogens is 200 g/mol. The van der Waals surface area contributed by atoms with Crippen LogP contribution in [0.25, 0.3) is 0 Å². The van der Waals surface area contributed by atoms with E-state index in [1.54, 1.807) is 18.7 Å². The van der Waals surface area contributed by atoms with Gasteiger partial charge in [0, 0.05) is 24.6 Å². The van der Waals surface area contributed by atoms with Gasteiger partial charge in [0.05, 0.1) is 12.1 Å². The minimum absolute atomic E-state index is 0.0530. The van der Waals surface area contributed by atoms with Gasteiger partial charge in [-0.25, -0.2) is 0 Å². The molecule has 0 aromatic heterocycles.